The first-order chi connectivity index (χ1) is 7.81. The molecule has 1 saturated heterocycles. The summed E-state index contributed by atoms with van der Waals surface area (Å²) in [4.78, 5) is 2.46. The van der Waals surface area contributed by atoms with E-state index in [2.05, 4.69) is 11.8 Å². The molecule has 1 aliphatic carbocycles. The van der Waals surface area contributed by atoms with Gasteiger partial charge in [-0.1, -0.05) is 18.6 Å². The molecule has 0 aromatic carbocycles. The lowest BCUT2D eigenvalue weighted by atomic mass is 9.94. The van der Waals surface area contributed by atoms with Gasteiger partial charge in [0.15, 0.2) is 0 Å². The van der Waals surface area contributed by atoms with Crippen molar-refractivity contribution in [1.82, 2.24) is 4.90 Å². The molecule has 2 rings (SSSR count). The minimum Gasteiger partial charge on any atom is -0.379 e. The molecule has 0 bridgehead atoms. The quantitative estimate of drug-likeness (QED) is 0.732. The van der Waals surface area contributed by atoms with Gasteiger partial charge in [0.1, 0.15) is 5.83 Å². The van der Waals surface area contributed by atoms with Crippen LogP contribution in [0, 0.1) is 0 Å². The number of ether oxygens (including phenoxy) is 1. The van der Waals surface area contributed by atoms with Crippen molar-refractivity contribution in [1.29, 1.82) is 0 Å². The molecule has 0 aromatic heterocycles. The number of allylic oxidation sites excluding steroid dienone is 3. The Bertz CT molecular complexity index is 292. The van der Waals surface area contributed by atoms with Crippen molar-refractivity contribution in [2.45, 2.75) is 32.2 Å². The Morgan fingerprint density at radius 1 is 1.31 bits per heavy atom. The number of rotatable bonds is 3. The van der Waals surface area contributed by atoms with Crippen LogP contribution < -0.4 is 0 Å². The average Bonchev–Trinajstić information content (AvgIpc) is 2.34. The largest absolute Gasteiger partial charge is 0.379 e. The van der Waals surface area contributed by atoms with Gasteiger partial charge in [0, 0.05) is 25.6 Å². The van der Waals surface area contributed by atoms with E-state index in [0.29, 0.717) is 12.5 Å². The number of hydrogen-bond acceptors (Lipinski definition) is 2. The van der Waals surface area contributed by atoms with Crippen LogP contribution in [0.4, 0.5) is 4.39 Å². The van der Waals surface area contributed by atoms with Gasteiger partial charge in [0.25, 0.3) is 0 Å². The maximum Gasteiger partial charge on any atom is 0.100 e. The standard InChI is InChI=1S/C13H20FNO/c1-2-13(15-7-9-16-10-8-15)11-3-5-12(14)6-4-11/h3,5,13H,2,4,6-10H2,1H3. The summed E-state index contributed by atoms with van der Waals surface area (Å²) in [6.07, 6.45) is 6.15. The molecule has 3 heteroatoms. The molecule has 0 aromatic rings. The summed E-state index contributed by atoms with van der Waals surface area (Å²) >= 11 is 0. The first-order valence-electron chi connectivity index (χ1n) is 6.18. The number of hydrogen-bond donors (Lipinski definition) is 0. The van der Waals surface area contributed by atoms with Crippen LogP contribution in [0.1, 0.15) is 26.2 Å². The first kappa shape index (κ1) is 11.8. The van der Waals surface area contributed by atoms with Crippen LogP contribution in [-0.2, 0) is 4.74 Å². The molecule has 1 aliphatic heterocycles. The van der Waals surface area contributed by atoms with E-state index in [1.165, 1.54) is 5.57 Å². The predicted octanol–water partition coefficient (Wildman–Crippen LogP) is 2.67. The lowest BCUT2D eigenvalue weighted by Gasteiger charge is -2.36. The first-order valence-corrected chi connectivity index (χ1v) is 6.18. The molecule has 0 N–H and O–H groups in total. The summed E-state index contributed by atoms with van der Waals surface area (Å²) in [6.45, 7) is 5.86. The number of nitrogens with zero attached hydrogens (tertiary/aromatic N) is 1. The van der Waals surface area contributed by atoms with Gasteiger partial charge in [-0.25, -0.2) is 4.39 Å². The van der Waals surface area contributed by atoms with Crippen LogP contribution >= 0.6 is 0 Å². The third kappa shape index (κ3) is 2.71. The second-order valence-corrected chi connectivity index (χ2v) is 4.43. The molecule has 0 spiro atoms. The van der Waals surface area contributed by atoms with E-state index in [-0.39, 0.29) is 5.83 Å². The minimum atomic E-state index is 0.0144. The smallest absolute Gasteiger partial charge is 0.100 e. The highest BCUT2D eigenvalue weighted by Crippen LogP contribution is 2.26. The van der Waals surface area contributed by atoms with E-state index in [1.54, 1.807) is 6.08 Å². The second-order valence-electron chi connectivity index (χ2n) is 4.43. The highest BCUT2D eigenvalue weighted by Gasteiger charge is 2.23. The van der Waals surface area contributed by atoms with Crippen LogP contribution in [0.2, 0.25) is 0 Å². The van der Waals surface area contributed by atoms with Crippen molar-refractivity contribution in [3.05, 3.63) is 23.6 Å². The molecule has 0 amide bonds. The molecule has 2 aliphatic rings. The van der Waals surface area contributed by atoms with Gasteiger partial charge in [0.2, 0.25) is 0 Å². The molecule has 1 heterocycles. The normalized spacial score (nSPS) is 24.9. The number of halogens is 1. The molecule has 1 unspecified atom stereocenters. The van der Waals surface area contributed by atoms with Crippen LogP contribution in [0.3, 0.4) is 0 Å². The fourth-order valence-electron chi connectivity index (χ4n) is 2.55. The zero-order chi connectivity index (χ0) is 11.4. The van der Waals surface area contributed by atoms with Crippen LogP contribution in [-0.4, -0.2) is 37.2 Å². The Balaban J connectivity index is 2.03. The van der Waals surface area contributed by atoms with Gasteiger partial charge in [0.05, 0.1) is 13.2 Å². The van der Waals surface area contributed by atoms with Gasteiger partial charge in [-0.3, -0.25) is 4.90 Å². The summed E-state index contributed by atoms with van der Waals surface area (Å²) < 4.78 is 18.3. The second kappa shape index (κ2) is 5.60. The van der Waals surface area contributed by atoms with E-state index in [4.69, 9.17) is 4.74 Å². The summed E-state index contributed by atoms with van der Waals surface area (Å²) in [5, 5.41) is 0. The van der Waals surface area contributed by atoms with Crippen LogP contribution in [0.15, 0.2) is 23.6 Å². The third-order valence-electron chi connectivity index (χ3n) is 3.43. The molecule has 1 atom stereocenters. The van der Waals surface area contributed by atoms with Gasteiger partial charge in [-0.2, -0.15) is 0 Å². The summed E-state index contributed by atoms with van der Waals surface area (Å²) in [7, 11) is 0. The van der Waals surface area contributed by atoms with E-state index in [1.807, 2.05) is 6.08 Å². The van der Waals surface area contributed by atoms with Crippen molar-refractivity contribution in [2.75, 3.05) is 26.3 Å². The van der Waals surface area contributed by atoms with Crippen molar-refractivity contribution in [2.24, 2.45) is 0 Å². The molecular weight excluding hydrogens is 205 g/mol. The Labute approximate surface area is 96.8 Å². The van der Waals surface area contributed by atoms with Gasteiger partial charge in [-0.05, 0) is 18.9 Å². The Kier molecular flexibility index (Phi) is 4.13. The monoisotopic (exact) mass is 225 g/mol. The molecule has 16 heavy (non-hydrogen) atoms. The van der Waals surface area contributed by atoms with E-state index in [0.717, 1.165) is 39.1 Å². The van der Waals surface area contributed by atoms with Crippen molar-refractivity contribution >= 4 is 0 Å². The van der Waals surface area contributed by atoms with Crippen LogP contribution in [0.5, 0.6) is 0 Å². The van der Waals surface area contributed by atoms with Crippen molar-refractivity contribution < 1.29 is 9.13 Å². The van der Waals surface area contributed by atoms with Crippen molar-refractivity contribution in [3.63, 3.8) is 0 Å². The Morgan fingerprint density at radius 2 is 2.06 bits per heavy atom. The molecule has 2 nitrogen and oxygen atoms in total. The molecule has 0 saturated carbocycles. The fraction of sp³-hybridized carbons (Fsp3) is 0.692. The zero-order valence-electron chi connectivity index (χ0n) is 9.92. The molecular formula is C13H20FNO. The SMILES string of the molecule is CCC(C1=CC=C(F)CC1)N1CCOCC1. The number of morpholine rings is 1. The highest BCUT2D eigenvalue weighted by molar-refractivity contribution is 5.24. The van der Waals surface area contributed by atoms with Gasteiger partial charge >= 0.3 is 0 Å². The minimum absolute atomic E-state index is 0.0144. The summed E-state index contributed by atoms with van der Waals surface area (Å²) in [5.74, 6) is 0.0144. The van der Waals surface area contributed by atoms with E-state index >= 15 is 0 Å². The Morgan fingerprint density at radius 3 is 2.62 bits per heavy atom. The summed E-state index contributed by atoms with van der Waals surface area (Å²) in [6, 6.07) is 0.480. The predicted molar refractivity (Wildman–Crippen MR) is 63.0 cm³/mol. The topological polar surface area (TPSA) is 12.5 Å². The fourth-order valence-corrected chi connectivity index (χ4v) is 2.55. The lowest BCUT2D eigenvalue weighted by molar-refractivity contribution is 0.0223. The molecule has 1 fully saturated rings. The van der Waals surface area contributed by atoms with Gasteiger partial charge in [-0.15, -0.1) is 0 Å². The Hall–Kier alpha value is -0.670. The average molecular weight is 225 g/mol. The molecule has 0 radical (unpaired) electrons. The van der Waals surface area contributed by atoms with Crippen molar-refractivity contribution in [3.8, 4) is 0 Å². The third-order valence-corrected chi connectivity index (χ3v) is 3.43. The highest BCUT2D eigenvalue weighted by atomic mass is 19.1. The maximum absolute atomic E-state index is 12.9. The van der Waals surface area contributed by atoms with Gasteiger partial charge < -0.3 is 4.74 Å². The molecule has 90 valence electrons. The van der Waals surface area contributed by atoms with Crippen LogP contribution in [0.25, 0.3) is 0 Å². The zero-order valence-corrected chi connectivity index (χ0v) is 9.92. The summed E-state index contributed by atoms with van der Waals surface area (Å²) in [5.41, 5.74) is 1.38. The van der Waals surface area contributed by atoms with E-state index < -0.39 is 0 Å². The van der Waals surface area contributed by atoms with E-state index in [9.17, 15) is 4.39 Å². The lowest BCUT2D eigenvalue weighted by Crippen LogP contribution is -2.44. The maximum atomic E-state index is 12.9.